The molecule has 0 spiro atoms. The molecule has 0 N–H and O–H groups in total. The second-order valence-corrected chi connectivity index (χ2v) is 3.16. The molecule has 2 nitrogen and oxygen atoms in total. The zero-order valence-electron chi connectivity index (χ0n) is 5.90. The molecule has 0 saturated carbocycles. The Bertz CT molecular complexity index is 317. The number of ether oxygens (including phenoxy) is 1. The summed E-state index contributed by atoms with van der Waals surface area (Å²) >= 11 is 8.32. The van der Waals surface area contributed by atoms with Crippen molar-refractivity contribution in [2.45, 2.75) is 6.36 Å². The van der Waals surface area contributed by atoms with Crippen LogP contribution in [0.15, 0.2) is 16.7 Å². The number of halogens is 5. The molecule has 0 atom stereocenters. The average Bonchev–Trinajstić information content (AvgIpc) is 1.96. The van der Waals surface area contributed by atoms with Gasteiger partial charge < -0.3 is 4.74 Å². The maximum absolute atomic E-state index is 11.7. The van der Waals surface area contributed by atoms with Crippen molar-refractivity contribution < 1.29 is 17.9 Å². The van der Waals surface area contributed by atoms with Crippen molar-refractivity contribution >= 4 is 27.5 Å². The van der Waals surface area contributed by atoms with Crippen LogP contribution in [0.25, 0.3) is 0 Å². The van der Waals surface area contributed by atoms with E-state index in [2.05, 4.69) is 25.7 Å². The topological polar surface area (TPSA) is 22.1 Å². The van der Waals surface area contributed by atoms with Gasteiger partial charge in [0.05, 0.1) is 9.50 Å². The van der Waals surface area contributed by atoms with Crippen molar-refractivity contribution in [3.8, 4) is 5.88 Å². The molecule has 0 unspecified atom stereocenters. The lowest BCUT2D eigenvalue weighted by atomic mass is 10.5. The molecule has 0 aromatic carbocycles. The lowest BCUT2D eigenvalue weighted by molar-refractivity contribution is -0.276. The number of nitrogens with zero attached hydrogens (tertiary/aromatic N) is 1. The van der Waals surface area contributed by atoms with Crippen LogP contribution in [0.3, 0.4) is 0 Å². The minimum Gasteiger partial charge on any atom is -0.387 e. The average molecular weight is 276 g/mol. The van der Waals surface area contributed by atoms with Gasteiger partial charge in [-0.05, 0) is 22.0 Å². The highest BCUT2D eigenvalue weighted by molar-refractivity contribution is 9.10. The number of hydrogen-bond acceptors (Lipinski definition) is 2. The Kier molecular flexibility index (Phi) is 3.02. The molecule has 72 valence electrons. The highest BCUT2D eigenvalue weighted by atomic mass is 79.9. The summed E-state index contributed by atoms with van der Waals surface area (Å²) in [5.41, 5.74) is 0. The summed E-state index contributed by atoms with van der Waals surface area (Å²) < 4.78 is 38.7. The molecule has 0 fully saturated rings. The van der Waals surface area contributed by atoms with E-state index >= 15 is 0 Å². The Morgan fingerprint density at radius 3 is 2.62 bits per heavy atom. The van der Waals surface area contributed by atoms with Crippen molar-refractivity contribution in [3.63, 3.8) is 0 Å². The summed E-state index contributed by atoms with van der Waals surface area (Å²) in [5, 5.41) is 0.106. The van der Waals surface area contributed by atoms with E-state index in [-0.39, 0.29) is 9.50 Å². The first-order valence-electron chi connectivity index (χ1n) is 2.96. The highest BCUT2D eigenvalue weighted by Crippen LogP contribution is 2.32. The summed E-state index contributed by atoms with van der Waals surface area (Å²) in [6, 6.07) is 1.34. The van der Waals surface area contributed by atoms with Crippen LogP contribution in [-0.2, 0) is 0 Å². The molecule has 1 rings (SSSR count). The fraction of sp³-hybridized carbons (Fsp3) is 0.167. The Balaban J connectivity index is 2.96. The van der Waals surface area contributed by atoms with E-state index in [9.17, 15) is 13.2 Å². The Morgan fingerprint density at radius 1 is 1.46 bits per heavy atom. The SMILES string of the molecule is FC(F)(F)Oc1nccc(Cl)c1Br. The molecular weight excluding hydrogens is 274 g/mol. The first-order valence-corrected chi connectivity index (χ1v) is 4.13. The van der Waals surface area contributed by atoms with E-state index in [0.717, 1.165) is 6.20 Å². The molecule has 0 saturated heterocycles. The zero-order chi connectivity index (χ0) is 10.1. The quantitative estimate of drug-likeness (QED) is 0.784. The molecule has 0 aliphatic heterocycles. The van der Waals surface area contributed by atoms with Gasteiger partial charge in [0, 0.05) is 6.20 Å². The van der Waals surface area contributed by atoms with Crippen LogP contribution in [0.4, 0.5) is 13.2 Å². The van der Waals surface area contributed by atoms with E-state index in [1.807, 2.05) is 0 Å². The second-order valence-electron chi connectivity index (χ2n) is 1.96. The summed E-state index contributed by atoms with van der Waals surface area (Å²) in [6.45, 7) is 0. The first-order chi connectivity index (χ1) is 5.90. The van der Waals surface area contributed by atoms with E-state index < -0.39 is 12.2 Å². The minimum absolute atomic E-state index is 0.0195. The second kappa shape index (κ2) is 3.71. The standard InChI is InChI=1S/C6H2BrClF3NO/c7-4-3(8)1-2-12-5(4)13-6(9,10)11/h1-2H. The molecule has 0 aliphatic rings. The van der Waals surface area contributed by atoms with Gasteiger partial charge in [0.25, 0.3) is 0 Å². The van der Waals surface area contributed by atoms with Crippen LogP contribution >= 0.6 is 27.5 Å². The summed E-state index contributed by atoms with van der Waals surface area (Å²) in [6.07, 6.45) is -3.64. The van der Waals surface area contributed by atoms with Crippen molar-refractivity contribution in [2.24, 2.45) is 0 Å². The molecule has 1 heterocycles. The normalized spacial score (nSPS) is 11.5. The van der Waals surface area contributed by atoms with Gasteiger partial charge >= 0.3 is 6.36 Å². The molecule has 0 aliphatic carbocycles. The zero-order valence-corrected chi connectivity index (χ0v) is 8.24. The number of pyridine rings is 1. The van der Waals surface area contributed by atoms with Crippen molar-refractivity contribution in [1.29, 1.82) is 0 Å². The van der Waals surface area contributed by atoms with E-state index in [0.29, 0.717) is 0 Å². The number of aromatic nitrogens is 1. The van der Waals surface area contributed by atoms with Gasteiger partial charge in [0.2, 0.25) is 5.88 Å². The van der Waals surface area contributed by atoms with E-state index in [1.165, 1.54) is 6.07 Å². The summed E-state index contributed by atoms with van der Waals surface area (Å²) in [7, 11) is 0. The van der Waals surface area contributed by atoms with Crippen molar-refractivity contribution in [3.05, 3.63) is 21.8 Å². The molecule has 13 heavy (non-hydrogen) atoms. The van der Waals surface area contributed by atoms with Gasteiger partial charge in [-0.3, -0.25) is 0 Å². The fourth-order valence-electron chi connectivity index (χ4n) is 0.583. The lowest BCUT2D eigenvalue weighted by Crippen LogP contribution is -2.18. The van der Waals surface area contributed by atoms with Gasteiger partial charge in [-0.1, -0.05) is 11.6 Å². The monoisotopic (exact) mass is 275 g/mol. The Morgan fingerprint density at radius 2 is 2.08 bits per heavy atom. The first kappa shape index (κ1) is 10.6. The molecule has 0 radical (unpaired) electrons. The third kappa shape index (κ3) is 3.04. The fourth-order valence-corrected chi connectivity index (χ4v) is 1.04. The van der Waals surface area contributed by atoms with E-state index in [4.69, 9.17) is 11.6 Å². The number of rotatable bonds is 1. The lowest BCUT2D eigenvalue weighted by Gasteiger charge is -2.09. The third-order valence-electron chi connectivity index (χ3n) is 1.02. The van der Waals surface area contributed by atoms with Crippen LogP contribution in [0, 0.1) is 0 Å². The molecule has 1 aromatic rings. The molecular formula is C6H2BrClF3NO. The third-order valence-corrected chi connectivity index (χ3v) is 2.33. The van der Waals surface area contributed by atoms with Crippen LogP contribution < -0.4 is 4.74 Å². The smallest absolute Gasteiger partial charge is 0.387 e. The van der Waals surface area contributed by atoms with Crippen molar-refractivity contribution in [2.75, 3.05) is 0 Å². The maximum Gasteiger partial charge on any atom is 0.574 e. The maximum atomic E-state index is 11.7. The largest absolute Gasteiger partial charge is 0.574 e. The van der Waals surface area contributed by atoms with Crippen LogP contribution in [0.2, 0.25) is 5.02 Å². The van der Waals surface area contributed by atoms with Gasteiger partial charge in [0.1, 0.15) is 0 Å². The number of hydrogen-bond donors (Lipinski definition) is 0. The Hall–Kier alpha value is -0.490. The van der Waals surface area contributed by atoms with E-state index in [1.54, 1.807) is 0 Å². The van der Waals surface area contributed by atoms with Crippen LogP contribution in [0.5, 0.6) is 5.88 Å². The molecule has 7 heteroatoms. The molecule has 0 amide bonds. The minimum atomic E-state index is -4.76. The van der Waals surface area contributed by atoms with Crippen LogP contribution in [0.1, 0.15) is 0 Å². The van der Waals surface area contributed by atoms with Gasteiger partial charge in [0.15, 0.2) is 0 Å². The predicted octanol–water partition coefficient (Wildman–Crippen LogP) is 3.40. The Labute approximate surface area is 84.8 Å². The van der Waals surface area contributed by atoms with Gasteiger partial charge in [-0.2, -0.15) is 0 Å². The highest BCUT2D eigenvalue weighted by Gasteiger charge is 2.32. The number of alkyl halides is 3. The van der Waals surface area contributed by atoms with Crippen LogP contribution in [-0.4, -0.2) is 11.3 Å². The predicted molar refractivity (Wildman–Crippen MR) is 43.6 cm³/mol. The van der Waals surface area contributed by atoms with Gasteiger partial charge in [-0.15, -0.1) is 13.2 Å². The molecule has 0 bridgehead atoms. The summed E-state index contributed by atoms with van der Waals surface area (Å²) in [5.74, 6) is -0.597. The van der Waals surface area contributed by atoms with Crippen molar-refractivity contribution in [1.82, 2.24) is 4.98 Å². The van der Waals surface area contributed by atoms with Gasteiger partial charge in [-0.25, -0.2) is 4.98 Å². The summed E-state index contributed by atoms with van der Waals surface area (Å²) in [4.78, 5) is 3.35. The molecule has 1 aromatic heterocycles.